The Morgan fingerprint density at radius 1 is 1.47 bits per heavy atom. The number of hydrogen-bond acceptors (Lipinski definition) is 6. The van der Waals surface area contributed by atoms with E-state index in [2.05, 4.69) is 15.5 Å². The molecule has 0 unspecified atom stereocenters. The molecule has 2 heterocycles. The zero-order chi connectivity index (χ0) is 12.1. The molecule has 2 N–H and O–H groups in total. The molecule has 1 aromatic rings. The van der Waals surface area contributed by atoms with Gasteiger partial charge in [-0.15, -0.1) is 5.10 Å². The monoisotopic (exact) mass is 241 g/mol. The van der Waals surface area contributed by atoms with Crippen molar-refractivity contribution in [1.82, 2.24) is 20.2 Å². The standard InChI is InChI=1S/C10H19N5O2/c1-16-10(3-7-17-8-4-10)9-12-13-14-15(9)6-2-5-11/h2-8,11H2,1H3. The van der Waals surface area contributed by atoms with Crippen LogP contribution in [-0.2, 0) is 21.6 Å². The minimum absolute atomic E-state index is 0.406. The van der Waals surface area contributed by atoms with Crippen molar-refractivity contribution < 1.29 is 9.47 Å². The van der Waals surface area contributed by atoms with Gasteiger partial charge in [0, 0.05) is 39.7 Å². The third-order valence-corrected chi connectivity index (χ3v) is 3.20. The van der Waals surface area contributed by atoms with Crippen molar-refractivity contribution in [2.75, 3.05) is 26.9 Å². The Morgan fingerprint density at radius 3 is 2.88 bits per heavy atom. The summed E-state index contributed by atoms with van der Waals surface area (Å²) in [5.74, 6) is 0.789. The van der Waals surface area contributed by atoms with Crippen LogP contribution in [0, 0.1) is 0 Å². The van der Waals surface area contributed by atoms with E-state index in [1.807, 2.05) is 0 Å². The Hall–Kier alpha value is -1.05. The van der Waals surface area contributed by atoms with Crippen molar-refractivity contribution in [3.63, 3.8) is 0 Å². The normalized spacial score (nSPS) is 19.4. The molecule has 0 bridgehead atoms. The summed E-state index contributed by atoms with van der Waals surface area (Å²) in [5, 5.41) is 11.9. The van der Waals surface area contributed by atoms with E-state index in [1.165, 1.54) is 0 Å². The number of nitrogens with two attached hydrogens (primary N) is 1. The first-order valence-electron chi connectivity index (χ1n) is 5.92. The Balaban J connectivity index is 2.20. The van der Waals surface area contributed by atoms with Crippen molar-refractivity contribution in [3.05, 3.63) is 5.82 Å². The molecule has 0 atom stereocenters. The number of nitrogens with zero attached hydrogens (tertiary/aromatic N) is 4. The Kier molecular flexibility index (Phi) is 4.03. The molecule has 7 heteroatoms. The maximum Gasteiger partial charge on any atom is 0.183 e. The lowest BCUT2D eigenvalue weighted by atomic mass is 9.93. The summed E-state index contributed by atoms with van der Waals surface area (Å²) in [6.45, 7) is 2.71. The molecule has 0 radical (unpaired) electrons. The van der Waals surface area contributed by atoms with Crippen LogP contribution in [0.15, 0.2) is 0 Å². The maximum atomic E-state index is 5.67. The number of aryl methyl sites for hydroxylation is 1. The molecular weight excluding hydrogens is 222 g/mol. The lowest BCUT2D eigenvalue weighted by Gasteiger charge is -2.34. The average Bonchev–Trinajstić information content (AvgIpc) is 2.86. The molecule has 0 saturated carbocycles. The van der Waals surface area contributed by atoms with Gasteiger partial charge < -0.3 is 15.2 Å². The Bertz CT molecular complexity index is 348. The summed E-state index contributed by atoms with van der Waals surface area (Å²) < 4.78 is 12.8. The highest BCUT2D eigenvalue weighted by Gasteiger charge is 2.39. The third-order valence-electron chi connectivity index (χ3n) is 3.20. The molecular formula is C10H19N5O2. The van der Waals surface area contributed by atoms with E-state index in [1.54, 1.807) is 11.8 Å². The van der Waals surface area contributed by atoms with Gasteiger partial charge in [-0.2, -0.15) is 0 Å². The third kappa shape index (κ3) is 2.46. The van der Waals surface area contributed by atoms with Crippen molar-refractivity contribution in [2.24, 2.45) is 5.73 Å². The summed E-state index contributed by atoms with van der Waals surface area (Å²) in [6.07, 6.45) is 2.42. The lowest BCUT2D eigenvalue weighted by Crippen LogP contribution is -2.38. The predicted octanol–water partition coefficient (Wildman–Crippen LogP) is -0.326. The van der Waals surface area contributed by atoms with Gasteiger partial charge in [0.1, 0.15) is 5.60 Å². The van der Waals surface area contributed by atoms with Gasteiger partial charge in [0.05, 0.1) is 0 Å². The second-order valence-corrected chi connectivity index (χ2v) is 4.18. The number of ether oxygens (including phenoxy) is 2. The molecule has 1 aliphatic rings. The van der Waals surface area contributed by atoms with E-state index in [4.69, 9.17) is 15.2 Å². The first-order chi connectivity index (χ1) is 8.32. The molecule has 96 valence electrons. The van der Waals surface area contributed by atoms with Crippen LogP contribution in [-0.4, -0.2) is 47.1 Å². The Labute approximate surface area is 100 Å². The highest BCUT2D eigenvalue weighted by atomic mass is 16.5. The van der Waals surface area contributed by atoms with Crippen molar-refractivity contribution >= 4 is 0 Å². The molecule has 1 aromatic heterocycles. The quantitative estimate of drug-likeness (QED) is 0.759. The molecule has 17 heavy (non-hydrogen) atoms. The smallest absolute Gasteiger partial charge is 0.183 e. The van der Waals surface area contributed by atoms with Crippen LogP contribution in [0.4, 0.5) is 0 Å². The van der Waals surface area contributed by atoms with E-state index < -0.39 is 5.60 Å². The maximum absolute atomic E-state index is 5.67. The van der Waals surface area contributed by atoms with Crippen LogP contribution in [0.3, 0.4) is 0 Å². The van der Waals surface area contributed by atoms with Crippen LogP contribution in [0.1, 0.15) is 25.1 Å². The van der Waals surface area contributed by atoms with E-state index in [0.29, 0.717) is 19.8 Å². The molecule has 0 spiro atoms. The summed E-state index contributed by atoms with van der Waals surface area (Å²) in [4.78, 5) is 0. The SMILES string of the molecule is COC1(c2nnnn2CCCN)CCOCC1. The molecule has 1 saturated heterocycles. The molecule has 0 aromatic carbocycles. The van der Waals surface area contributed by atoms with Gasteiger partial charge in [-0.25, -0.2) is 4.68 Å². The summed E-state index contributed by atoms with van der Waals surface area (Å²) in [7, 11) is 1.70. The van der Waals surface area contributed by atoms with Crippen LogP contribution in [0.25, 0.3) is 0 Å². The second-order valence-electron chi connectivity index (χ2n) is 4.18. The van der Waals surface area contributed by atoms with E-state index in [-0.39, 0.29) is 0 Å². The molecule has 0 amide bonds. The minimum atomic E-state index is -0.406. The fourth-order valence-electron chi connectivity index (χ4n) is 2.14. The predicted molar refractivity (Wildman–Crippen MR) is 60.2 cm³/mol. The lowest BCUT2D eigenvalue weighted by molar-refractivity contribution is -0.102. The van der Waals surface area contributed by atoms with Crippen LogP contribution in [0.5, 0.6) is 0 Å². The van der Waals surface area contributed by atoms with E-state index >= 15 is 0 Å². The van der Waals surface area contributed by atoms with Gasteiger partial charge in [-0.3, -0.25) is 0 Å². The zero-order valence-electron chi connectivity index (χ0n) is 10.1. The largest absolute Gasteiger partial charge is 0.381 e. The highest BCUT2D eigenvalue weighted by molar-refractivity contribution is 5.02. The zero-order valence-corrected chi connectivity index (χ0v) is 10.1. The molecule has 2 rings (SSSR count). The summed E-state index contributed by atoms with van der Waals surface area (Å²) in [5.41, 5.74) is 5.10. The highest BCUT2D eigenvalue weighted by Crippen LogP contribution is 2.33. The molecule has 0 aliphatic carbocycles. The summed E-state index contributed by atoms with van der Waals surface area (Å²) in [6, 6.07) is 0. The molecule has 1 aliphatic heterocycles. The second kappa shape index (κ2) is 5.52. The number of hydrogen-bond donors (Lipinski definition) is 1. The number of methoxy groups -OCH3 is 1. The van der Waals surface area contributed by atoms with Gasteiger partial charge in [0.15, 0.2) is 5.82 Å². The molecule has 7 nitrogen and oxygen atoms in total. The van der Waals surface area contributed by atoms with Crippen molar-refractivity contribution in [1.29, 1.82) is 0 Å². The molecule has 1 fully saturated rings. The van der Waals surface area contributed by atoms with E-state index in [0.717, 1.165) is 31.6 Å². The Morgan fingerprint density at radius 2 is 2.24 bits per heavy atom. The first kappa shape index (κ1) is 12.4. The summed E-state index contributed by atoms with van der Waals surface area (Å²) >= 11 is 0. The van der Waals surface area contributed by atoms with Crippen molar-refractivity contribution in [2.45, 2.75) is 31.4 Å². The van der Waals surface area contributed by atoms with Gasteiger partial charge in [0.25, 0.3) is 0 Å². The fourth-order valence-corrected chi connectivity index (χ4v) is 2.14. The first-order valence-corrected chi connectivity index (χ1v) is 5.92. The van der Waals surface area contributed by atoms with Crippen molar-refractivity contribution in [3.8, 4) is 0 Å². The van der Waals surface area contributed by atoms with Gasteiger partial charge >= 0.3 is 0 Å². The average molecular weight is 241 g/mol. The number of aromatic nitrogens is 4. The van der Waals surface area contributed by atoms with Gasteiger partial charge in [0.2, 0.25) is 0 Å². The fraction of sp³-hybridized carbons (Fsp3) is 0.900. The van der Waals surface area contributed by atoms with Gasteiger partial charge in [-0.1, -0.05) is 0 Å². The van der Waals surface area contributed by atoms with Crippen LogP contribution in [0.2, 0.25) is 0 Å². The minimum Gasteiger partial charge on any atom is -0.381 e. The van der Waals surface area contributed by atoms with Crippen LogP contribution < -0.4 is 5.73 Å². The number of rotatable bonds is 5. The van der Waals surface area contributed by atoms with Crippen LogP contribution >= 0.6 is 0 Å². The van der Waals surface area contributed by atoms with Gasteiger partial charge in [-0.05, 0) is 23.4 Å². The topological polar surface area (TPSA) is 88.1 Å². The number of tetrazole rings is 1. The van der Waals surface area contributed by atoms with E-state index in [9.17, 15) is 0 Å².